The molecular weight excluding hydrogens is 438 g/mol. The van der Waals surface area contributed by atoms with Crippen molar-refractivity contribution in [2.45, 2.75) is 39.2 Å². The van der Waals surface area contributed by atoms with Gasteiger partial charge in [0.25, 0.3) is 5.91 Å². The van der Waals surface area contributed by atoms with Gasteiger partial charge in [0.15, 0.2) is 0 Å². The number of nitrogens with two attached hydrogens (primary N) is 1. The Hall–Kier alpha value is -3.53. The Bertz CT molecular complexity index is 1200. The van der Waals surface area contributed by atoms with Gasteiger partial charge in [-0.2, -0.15) is 4.40 Å². The van der Waals surface area contributed by atoms with E-state index in [0.29, 0.717) is 23.0 Å². The van der Waals surface area contributed by atoms with E-state index in [2.05, 4.69) is 38.3 Å². The van der Waals surface area contributed by atoms with Crippen molar-refractivity contribution in [2.75, 3.05) is 11.3 Å². The number of nitrogens with one attached hydrogen (secondary N) is 2. The van der Waals surface area contributed by atoms with Crippen molar-refractivity contribution < 1.29 is 9.53 Å². The van der Waals surface area contributed by atoms with E-state index in [0.717, 1.165) is 17.1 Å². The number of ether oxygens (including phenoxy) is 1. The van der Waals surface area contributed by atoms with Crippen molar-refractivity contribution in [3.05, 3.63) is 65.9 Å². The van der Waals surface area contributed by atoms with Crippen molar-refractivity contribution in [1.82, 2.24) is 19.9 Å². The van der Waals surface area contributed by atoms with E-state index < -0.39 is 5.54 Å². The molecule has 0 aliphatic carbocycles. The Morgan fingerprint density at radius 1 is 1.27 bits per heavy atom. The quantitative estimate of drug-likeness (QED) is 0.455. The lowest BCUT2D eigenvalue weighted by Gasteiger charge is -2.27. The lowest BCUT2D eigenvalue weighted by Crippen LogP contribution is -2.48. The zero-order valence-corrected chi connectivity index (χ0v) is 19.8. The minimum Gasteiger partial charge on any atom is -0.490 e. The first-order valence-electron chi connectivity index (χ1n) is 10.6. The highest BCUT2D eigenvalue weighted by atomic mass is 32.2. The van der Waals surface area contributed by atoms with Gasteiger partial charge in [-0.25, -0.2) is 9.97 Å². The molecule has 0 bridgehead atoms. The Morgan fingerprint density at radius 2 is 2.09 bits per heavy atom. The normalized spacial score (nSPS) is 13.2. The maximum atomic E-state index is 13.0. The number of nitrogens with zero attached hydrogens (tertiary/aromatic N) is 4. The van der Waals surface area contributed by atoms with Gasteiger partial charge in [-0.1, -0.05) is 19.9 Å². The van der Waals surface area contributed by atoms with Crippen molar-refractivity contribution in [1.29, 1.82) is 0 Å². The molecule has 0 saturated carbocycles. The zero-order valence-electron chi connectivity index (χ0n) is 19.0. The summed E-state index contributed by atoms with van der Waals surface area (Å²) in [6.07, 6.45) is 5.21. The molecule has 0 radical (unpaired) electrons. The fourth-order valence-corrected chi connectivity index (χ4v) is 3.97. The predicted molar refractivity (Wildman–Crippen MR) is 131 cm³/mol. The highest BCUT2D eigenvalue weighted by Crippen LogP contribution is 2.32. The van der Waals surface area contributed by atoms with Crippen LogP contribution in [0.2, 0.25) is 0 Å². The Labute approximate surface area is 197 Å². The number of carbonyl (C=O) groups excluding carboxylic acids is 1. The second kappa shape index (κ2) is 9.14. The summed E-state index contributed by atoms with van der Waals surface area (Å²) in [7, 11) is 0. The van der Waals surface area contributed by atoms with E-state index in [4.69, 9.17) is 10.5 Å². The number of imidazole rings is 1. The molecule has 2 aromatic heterocycles. The molecule has 0 atom stereocenters. The van der Waals surface area contributed by atoms with E-state index in [1.807, 2.05) is 42.8 Å². The van der Waals surface area contributed by atoms with Crippen LogP contribution in [0.25, 0.3) is 5.82 Å². The molecule has 1 amide bonds. The standard InChI is InChI=1S/C23H27N7O2S/c1-14(2)21-26-10-11-30(21)18-12-15(8-9-25-18)22(31)27-23(3,4)13-32-17-7-5-6-16-19(17)20(24)29-33-28-16/h5-12,14,28H,13H2,1-4H3,(H2,24,29)(H,27,31). The largest absolute Gasteiger partial charge is 0.490 e. The molecule has 10 heteroatoms. The minimum atomic E-state index is -0.649. The van der Waals surface area contributed by atoms with E-state index in [-0.39, 0.29) is 18.4 Å². The highest BCUT2D eigenvalue weighted by Gasteiger charge is 2.25. The van der Waals surface area contributed by atoms with E-state index in [1.165, 1.54) is 12.1 Å². The molecule has 4 N–H and O–H groups in total. The van der Waals surface area contributed by atoms with Crippen molar-refractivity contribution in [3.8, 4) is 11.6 Å². The van der Waals surface area contributed by atoms with Crippen LogP contribution in [-0.4, -0.2) is 38.4 Å². The van der Waals surface area contributed by atoms with Gasteiger partial charge in [-0.3, -0.25) is 9.36 Å². The summed E-state index contributed by atoms with van der Waals surface area (Å²) >= 11 is 1.18. The van der Waals surface area contributed by atoms with Gasteiger partial charge in [0, 0.05) is 30.1 Å². The number of amidine groups is 1. The van der Waals surface area contributed by atoms with Gasteiger partial charge in [-0.15, -0.1) is 0 Å². The van der Waals surface area contributed by atoms with E-state index in [9.17, 15) is 4.79 Å². The fourth-order valence-electron chi connectivity index (χ4n) is 3.47. The predicted octanol–water partition coefficient (Wildman–Crippen LogP) is 3.67. The first-order valence-corrected chi connectivity index (χ1v) is 11.4. The van der Waals surface area contributed by atoms with Crippen molar-refractivity contribution in [2.24, 2.45) is 10.1 Å². The third-order valence-corrected chi connectivity index (χ3v) is 5.66. The SMILES string of the molecule is CC(C)c1nccn1-c1cc(C(=O)NC(C)(C)COc2cccc3c2C(N)=NSN3)ccn1. The first kappa shape index (κ1) is 22.7. The Morgan fingerprint density at radius 3 is 2.88 bits per heavy atom. The van der Waals surface area contributed by atoms with E-state index >= 15 is 0 Å². The summed E-state index contributed by atoms with van der Waals surface area (Å²) in [6, 6.07) is 9.08. The third-order valence-electron chi connectivity index (χ3n) is 5.06. The number of aromatic nitrogens is 3. The summed E-state index contributed by atoms with van der Waals surface area (Å²) in [4.78, 5) is 21.8. The average molecular weight is 466 g/mol. The molecule has 0 saturated heterocycles. The topological polar surface area (TPSA) is 119 Å². The third kappa shape index (κ3) is 4.95. The van der Waals surface area contributed by atoms with Crippen LogP contribution in [0.5, 0.6) is 5.75 Å². The lowest BCUT2D eigenvalue weighted by molar-refractivity contribution is 0.0880. The average Bonchev–Trinajstić information content (AvgIpc) is 3.28. The number of hydrogen-bond donors (Lipinski definition) is 3. The van der Waals surface area contributed by atoms with Crippen LogP contribution < -0.4 is 20.5 Å². The molecule has 3 heterocycles. The minimum absolute atomic E-state index is 0.215. The number of benzene rings is 1. The molecule has 0 unspecified atom stereocenters. The Kier molecular flexibility index (Phi) is 6.28. The number of fused-ring (bicyclic) bond motifs is 1. The summed E-state index contributed by atoms with van der Waals surface area (Å²) in [5.41, 5.74) is 7.48. The monoisotopic (exact) mass is 465 g/mol. The number of amides is 1. The fraction of sp³-hybridized carbons (Fsp3) is 0.304. The van der Waals surface area contributed by atoms with Gasteiger partial charge in [0.1, 0.15) is 29.8 Å². The van der Waals surface area contributed by atoms with Gasteiger partial charge >= 0.3 is 0 Å². The summed E-state index contributed by atoms with van der Waals surface area (Å²) in [6.45, 7) is 8.18. The van der Waals surface area contributed by atoms with E-state index in [1.54, 1.807) is 24.5 Å². The molecule has 1 aliphatic heterocycles. The maximum Gasteiger partial charge on any atom is 0.252 e. The van der Waals surface area contributed by atoms with Gasteiger partial charge in [-0.05, 0) is 38.1 Å². The van der Waals surface area contributed by atoms with Crippen molar-refractivity contribution >= 4 is 29.6 Å². The molecule has 4 rings (SSSR count). The summed E-state index contributed by atoms with van der Waals surface area (Å²) in [5, 5.41) is 3.05. The summed E-state index contributed by atoms with van der Waals surface area (Å²) in [5.74, 6) is 2.55. The van der Waals surface area contributed by atoms with Gasteiger partial charge in [0.2, 0.25) is 0 Å². The van der Waals surface area contributed by atoms with Crippen LogP contribution in [0, 0.1) is 0 Å². The van der Waals surface area contributed by atoms with Crippen LogP contribution >= 0.6 is 12.1 Å². The smallest absolute Gasteiger partial charge is 0.252 e. The molecule has 0 fully saturated rings. The van der Waals surface area contributed by atoms with Crippen LogP contribution in [-0.2, 0) is 0 Å². The maximum absolute atomic E-state index is 13.0. The zero-order chi connectivity index (χ0) is 23.6. The number of carbonyl (C=O) groups is 1. The van der Waals surface area contributed by atoms with Gasteiger partial charge < -0.3 is 20.5 Å². The second-order valence-corrected chi connectivity index (χ2v) is 9.26. The van der Waals surface area contributed by atoms with Crippen LogP contribution in [0.1, 0.15) is 55.4 Å². The number of hydrogen-bond acceptors (Lipinski definition) is 8. The molecule has 0 spiro atoms. The molecular formula is C23H27N7O2S. The number of anilines is 1. The first-order chi connectivity index (χ1) is 15.7. The number of rotatable bonds is 7. The van der Waals surface area contributed by atoms with Gasteiger partial charge in [0.05, 0.1) is 28.9 Å². The number of pyridine rings is 1. The van der Waals surface area contributed by atoms with Crippen molar-refractivity contribution in [3.63, 3.8) is 0 Å². The second-order valence-electron chi connectivity index (χ2n) is 8.69. The Balaban J connectivity index is 1.47. The molecule has 9 nitrogen and oxygen atoms in total. The summed E-state index contributed by atoms with van der Waals surface area (Å²) < 4.78 is 15.2. The van der Waals surface area contributed by atoms with Crippen LogP contribution in [0.4, 0.5) is 5.69 Å². The molecule has 3 aromatic rings. The van der Waals surface area contributed by atoms with Crippen LogP contribution in [0.3, 0.4) is 0 Å². The highest BCUT2D eigenvalue weighted by molar-refractivity contribution is 7.99. The molecule has 172 valence electrons. The molecule has 33 heavy (non-hydrogen) atoms. The van der Waals surface area contributed by atoms with Crippen LogP contribution in [0.15, 0.2) is 53.3 Å². The molecule has 1 aliphatic rings. The molecule has 1 aromatic carbocycles. The lowest BCUT2D eigenvalue weighted by atomic mass is 10.1.